The Hall–Kier alpha value is -3.16. The van der Waals surface area contributed by atoms with Crippen molar-refractivity contribution in [3.05, 3.63) is 83.9 Å². The SMILES string of the molecule is CCc1cccc2c1N(C1CCN(S(=O)(=O)c3ccc(-c4ccccc4)cc3)CC1C)C(=O)OC2. The molecule has 0 bridgehead atoms. The molecule has 7 heteroatoms. The number of aryl methyl sites for hydroxylation is 1. The number of carbonyl (C=O) groups is 1. The smallest absolute Gasteiger partial charge is 0.414 e. The minimum atomic E-state index is -3.64. The molecule has 1 fully saturated rings. The van der Waals surface area contributed by atoms with E-state index in [4.69, 9.17) is 4.74 Å². The van der Waals surface area contributed by atoms with Crippen LogP contribution in [-0.4, -0.2) is 37.9 Å². The van der Waals surface area contributed by atoms with Crippen molar-refractivity contribution in [2.24, 2.45) is 5.92 Å². The van der Waals surface area contributed by atoms with E-state index in [1.54, 1.807) is 21.3 Å². The van der Waals surface area contributed by atoms with Crippen LogP contribution in [0.2, 0.25) is 0 Å². The number of piperidine rings is 1. The lowest BCUT2D eigenvalue weighted by molar-refractivity contribution is 0.130. The minimum absolute atomic E-state index is 0.0504. The van der Waals surface area contributed by atoms with Crippen LogP contribution in [0.15, 0.2) is 77.7 Å². The van der Waals surface area contributed by atoms with Crippen LogP contribution in [0.25, 0.3) is 11.1 Å². The highest BCUT2D eigenvalue weighted by molar-refractivity contribution is 7.89. The number of para-hydroxylation sites is 1. The van der Waals surface area contributed by atoms with E-state index in [0.717, 1.165) is 34.4 Å². The van der Waals surface area contributed by atoms with E-state index in [1.807, 2.05) is 67.6 Å². The Kier molecular flexibility index (Phi) is 6.38. The van der Waals surface area contributed by atoms with E-state index < -0.39 is 10.0 Å². The lowest BCUT2D eigenvalue weighted by atomic mass is 9.91. The van der Waals surface area contributed by atoms with Gasteiger partial charge in [-0.3, -0.25) is 4.90 Å². The van der Waals surface area contributed by atoms with Gasteiger partial charge < -0.3 is 4.74 Å². The van der Waals surface area contributed by atoms with Crippen molar-refractivity contribution >= 4 is 21.8 Å². The third-order valence-corrected chi connectivity index (χ3v) is 9.01. The van der Waals surface area contributed by atoms with Gasteiger partial charge in [-0.25, -0.2) is 13.2 Å². The number of carbonyl (C=O) groups excluding carboxylic acids is 1. The average Bonchev–Trinajstić information content (AvgIpc) is 2.89. The molecule has 3 aromatic rings. The van der Waals surface area contributed by atoms with Crippen LogP contribution in [0.1, 0.15) is 31.4 Å². The molecule has 0 N–H and O–H groups in total. The van der Waals surface area contributed by atoms with E-state index in [-0.39, 0.29) is 24.7 Å². The van der Waals surface area contributed by atoms with Gasteiger partial charge in [0.15, 0.2) is 0 Å². The molecule has 1 amide bonds. The van der Waals surface area contributed by atoms with Crippen LogP contribution < -0.4 is 4.90 Å². The summed E-state index contributed by atoms with van der Waals surface area (Å²) in [5.74, 6) is -0.0504. The predicted octanol–water partition coefficient (Wildman–Crippen LogP) is 5.47. The van der Waals surface area contributed by atoms with E-state index in [2.05, 4.69) is 6.92 Å². The third kappa shape index (κ3) is 4.34. The van der Waals surface area contributed by atoms with E-state index in [1.165, 1.54) is 0 Å². The standard InChI is InChI=1S/C28H30N2O4S/c1-3-21-10-7-11-24-19-34-28(31)30(27(21)24)26-16-17-29(18-20(26)2)35(32,33)25-14-12-23(13-15-25)22-8-5-4-6-9-22/h4-15,20,26H,3,16-19H2,1-2H3. The second-order valence-corrected chi connectivity index (χ2v) is 11.2. The molecule has 2 heterocycles. The highest BCUT2D eigenvalue weighted by Gasteiger charge is 2.41. The first-order valence-electron chi connectivity index (χ1n) is 12.1. The van der Waals surface area contributed by atoms with Gasteiger partial charge in [0.2, 0.25) is 10.0 Å². The van der Waals surface area contributed by atoms with Gasteiger partial charge in [0, 0.05) is 24.7 Å². The second-order valence-electron chi connectivity index (χ2n) is 9.29. The molecule has 2 aliphatic heterocycles. The molecule has 2 unspecified atom stereocenters. The van der Waals surface area contributed by atoms with Crippen molar-refractivity contribution in [2.75, 3.05) is 18.0 Å². The molecule has 0 aliphatic carbocycles. The Balaban J connectivity index is 1.36. The largest absolute Gasteiger partial charge is 0.444 e. The Morgan fingerprint density at radius 1 is 0.943 bits per heavy atom. The normalized spacial score (nSPS) is 20.9. The van der Waals surface area contributed by atoms with Crippen LogP contribution in [-0.2, 0) is 27.8 Å². The Morgan fingerprint density at radius 3 is 2.34 bits per heavy atom. The summed E-state index contributed by atoms with van der Waals surface area (Å²) in [6.45, 7) is 5.07. The van der Waals surface area contributed by atoms with Crippen molar-refractivity contribution in [1.29, 1.82) is 0 Å². The number of cyclic esters (lactones) is 1. The lowest BCUT2D eigenvalue weighted by Gasteiger charge is -2.44. The first kappa shape index (κ1) is 23.6. The number of benzene rings is 3. The summed E-state index contributed by atoms with van der Waals surface area (Å²) in [4.78, 5) is 15.0. The van der Waals surface area contributed by atoms with Crippen molar-refractivity contribution < 1.29 is 17.9 Å². The fraction of sp³-hybridized carbons (Fsp3) is 0.321. The fourth-order valence-corrected chi connectivity index (χ4v) is 6.81. The van der Waals surface area contributed by atoms with Gasteiger partial charge in [-0.1, -0.05) is 74.5 Å². The zero-order valence-corrected chi connectivity index (χ0v) is 20.9. The first-order valence-corrected chi connectivity index (χ1v) is 13.6. The van der Waals surface area contributed by atoms with Gasteiger partial charge in [0.05, 0.1) is 10.6 Å². The highest BCUT2D eigenvalue weighted by Crippen LogP contribution is 2.37. The lowest BCUT2D eigenvalue weighted by Crippen LogP contribution is -2.55. The quantitative estimate of drug-likeness (QED) is 0.476. The number of amides is 1. The number of hydrogen-bond donors (Lipinski definition) is 0. The maximum Gasteiger partial charge on any atom is 0.414 e. The van der Waals surface area contributed by atoms with Gasteiger partial charge in [0.25, 0.3) is 0 Å². The van der Waals surface area contributed by atoms with Crippen LogP contribution in [0.3, 0.4) is 0 Å². The maximum atomic E-state index is 13.4. The molecule has 0 aromatic heterocycles. The number of ether oxygens (including phenoxy) is 1. The van der Waals surface area contributed by atoms with Crippen LogP contribution >= 0.6 is 0 Å². The summed E-state index contributed by atoms with van der Waals surface area (Å²) in [6.07, 6.45) is 1.02. The number of hydrogen-bond acceptors (Lipinski definition) is 4. The van der Waals surface area contributed by atoms with E-state index in [0.29, 0.717) is 24.4 Å². The van der Waals surface area contributed by atoms with E-state index in [9.17, 15) is 13.2 Å². The molecule has 0 spiro atoms. The average molecular weight is 491 g/mol. The topological polar surface area (TPSA) is 66.9 Å². The Labute approximate surface area is 207 Å². The Morgan fingerprint density at radius 2 is 1.66 bits per heavy atom. The zero-order chi connectivity index (χ0) is 24.6. The van der Waals surface area contributed by atoms with Crippen molar-refractivity contribution in [3.8, 4) is 11.1 Å². The Bertz CT molecular complexity index is 1310. The predicted molar refractivity (Wildman–Crippen MR) is 137 cm³/mol. The van der Waals surface area contributed by atoms with Crippen LogP contribution in [0, 0.1) is 5.92 Å². The van der Waals surface area contributed by atoms with Crippen LogP contribution in [0.5, 0.6) is 0 Å². The number of rotatable bonds is 5. The number of anilines is 1. The molecule has 3 aromatic carbocycles. The van der Waals surface area contributed by atoms with Crippen molar-refractivity contribution in [1.82, 2.24) is 4.31 Å². The monoisotopic (exact) mass is 490 g/mol. The molecule has 5 rings (SSSR count). The van der Waals surface area contributed by atoms with Gasteiger partial charge in [-0.2, -0.15) is 4.31 Å². The fourth-order valence-electron chi connectivity index (χ4n) is 5.25. The number of fused-ring (bicyclic) bond motifs is 1. The van der Waals surface area contributed by atoms with E-state index >= 15 is 0 Å². The summed E-state index contributed by atoms with van der Waals surface area (Å²) in [5.41, 5.74) is 5.08. The molecule has 2 aliphatic rings. The molecule has 35 heavy (non-hydrogen) atoms. The molecular formula is C28H30N2O4S. The zero-order valence-electron chi connectivity index (χ0n) is 20.1. The first-order chi connectivity index (χ1) is 16.9. The highest BCUT2D eigenvalue weighted by atomic mass is 32.2. The molecular weight excluding hydrogens is 460 g/mol. The maximum absolute atomic E-state index is 13.4. The third-order valence-electron chi connectivity index (χ3n) is 7.13. The summed E-state index contributed by atoms with van der Waals surface area (Å²) < 4.78 is 33.9. The van der Waals surface area contributed by atoms with Gasteiger partial charge in [-0.15, -0.1) is 0 Å². The van der Waals surface area contributed by atoms with Crippen molar-refractivity contribution in [2.45, 2.75) is 44.2 Å². The molecule has 2 atom stereocenters. The van der Waals surface area contributed by atoms with Gasteiger partial charge in [0.1, 0.15) is 6.61 Å². The minimum Gasteiger partial charge on any atom is -0.444 e. The number of sulfonamides is 1. The van der Waals surface area contributed by atoms with Gasteiger partial charge in [-0.05, 0) is 47.6 Å². The molecule has 6 nitrogen and oxygen atoms in total. The summed E-state index contributed by atoms with van der Waals surface area (Å²) in [5, 5.41) is 0. The van der Waals surface area contributed by atoms with Crippen LogP contribution in [0.4, 0.5) is 10.5 Å². The molecule has 0 radical (unpaired) electrons. The molecule has 1 saturated heterocycles. The summed E-state index contributed by atoms with van der Waals surface area (Å²) in [6, 6.07) is 22.9. The molecule has 0 saturated carbocycles. The summed E-state index contributed by atoms with van der Waals surface area (Å²) in [7, 11) is -3.64. The summed E-state index contributed by atoms with van der Waals surface area (Å²) >= 11 is 0. The number of nitrogens with zero attached hydrogens (tertiary/aromatic N) is 2. The molecule has 182 valence electrons. The van der Waals surface area contributed by atoms with Crippen molar-refractivity contribution in [3.63, 3.8) is 0 Å². The second kappa shape index (κ2) is 9.47. The van der Waals surface area contributed by atoms with Gasteiger partial charge >= 0.3 is 6.09 Å².